The first-order valence-corrected chi connectivity index (χ1v) is 12.6. The molecule has 34 heavy (non-hydrogen) atoms. The number of hydrogen-bond donors (Lipinski definition) is 2. The average molecular weight is 494 g/mol. The molecule has 5 rings (SSSR count). The lowest BCUT2D eigenvalue weighted by atomic mass is 10.1. The maximum atomic E-state index is 12.8. The van der Waals surface area contributed by atoms with Gasteiger partial charge in [0, 0.05) is 22.2 Å². The number of hydrogen-bond acceptors (Lipinski definition) is 7. The first-order chi connectivity index (χ1) is 16.4. The minimum absolute atomic E-state index is 0.0130. The van der Waals surface area contributed by atoms with Crippen LogP contribution < -0.4 is 19.5 Å². The quantitative estimate of drug-likeness (QED) is 0.396. The Hall–Kier alpha value is -3.89. The van der Waals surface area contributed by atoms with Gasteiger partial charge in [0.25, 0.3) is 15.9 Å². The third kappa shape index (κ3) is 4.59. The predicted molar refractivity (Wildman–Crippen MR) is 130 cm³/mol. The molecule has 3 aromatic carbocycles. The smallest absolute Gasteiger partial charge is 0.261 e. The zero-order valence-corrected chi connectivity index (χ0v) is 19.6. The molecule has 1 aromatic heterocycles. The van der Waals surface area contributed by atoms with Gasteiger partial charge in [-0.2, -0.15) is 0 Å². The molecule has 0 spiro atoms. The predicted octanol–water partition coefficient (Wildman–Crippen LogP) is 4.90. The Labute approximate surface area is 200 Å². The molecule has 0 atom stereocenters. The van der Waals surface area contributed by atoms with Crippen LogP contribution in [0.15, 0.2) is 77.0 Å². The summed E-state index contributed by atoms with van der Waals surface area (Å²) in [4.78, 5) is 17.2. The Morgan fingerprint density at radius 3 is 2.62 bits per heavy atom. The Balaban J connectivity index is 1.31. The van der Waals surface area contributed by atoms with Gasteiger partial charge in [0.1, 0.15) is 0 Å². The number of carbonyl (C=O) groups excluding carboxylic acids is 1. The van der Waals surface area contributed by atoms with Crippen LogP contribution in [0.25, 0.3) is 11.3 Å². The minimum atomic E-state index is -3.86. The minimum Gasteiger partial charge on any atom is -0.454 e. The van der Waals surface area contributed by atoms with E-state index in [1.165, 1.54) is 29.5 Å². The van der Waals surface area contributed by atoms with Crippen LogP contribution >= 0.6 is 11.3 Å². The van der Waals surface area contributed by atoms with Crippen molar-refractivity contribution in [2.45, 2.75) is 11.8 Å². The number of benzene rings is 3. The number of amides is 1. The fourth-order valence-electron chi connectivity index (χ4n) is 3.33. The number of thiazole rings is 1. The summed E-state index contributed by atoms with van der Waals surface area (Å²) in [6.45, 7) is 2.10. The lowest BCUT2D eigenvalue weighted by molar-refractivity contribution is 0.102. The molecule has 0 unspecified atom stereocenters. The fraction of sp³-hybridized carbons (Fsp3) is 0.0833. The molecule has 1 aliphatic heterocycles. The van der Waals surface area contributed by atoms with Gasteiger partial charge in [-0.3, -0.25) is 14.8 Å². The molecule has 0 radical (unpaired) electrons. The van der Waals surface area contributed by atoms with Crippen LogP contribution in [-0.4, -0.2) is 26.1 Å². The van der Waals surface area contributed by atoms with Crippen molar-refractivity contribution in [3.63, 3.8) is 0 Å². The highest BCUT2D eigenvalue weighted by molar-refractivity contribution is 7.92. The molecule has 0 saturated heterocycles. The van der Waals surface area contributed by atoms with Crippen LogP contribution in [0.5, 0.6) is 11.5 Å². The van der Waals surface area contributed by atoms with E-state index < -0.39 is 15.9 Å². The lowest BCUT2D eigenvalue weighted by Crippen LogP contribution is -2.16. The number of sulfonamides is 1. The van der Waals surface area contributed by atoms with E-state index in [-0.39, 0.29) is 17.3 Å². The summed E-state index contributed by atoms with van der Waals surface area (Å²) in [6, 6.07) is 18.3. The standard InChI is InChI=1S/C24H19N3O5S2/c1-15-5-8-18(9-6-15)27-34(29,30)19-4-2-3-17(11-19)23(28)26-24-25-20(13-33-24)16-7-10-21-22(12-16)32-14-31-21/h2-13,27H,14H2,1H3,(H,25,26,28). The third-order valence-electron chi connectivity index (χ3n) is 5.10. The van der Waals surface area contributed by atoms with Crippen molar-refractivity contribution in [1.82, 2.24) is 4.98 Å². The molecule has 0 aliphatic carbocycles. The molecule has 1 amide bonds. The van der Waals surface area contributed by atoms with E-state index in [0.717, 1.165) is 11.1 Å². The maximum absolute atomic E-state index is 12.8. The van der Waals surface area contributed by atoms with Crippen LogP contribution in [-0.2, 0) is 10.0 Å². The summed E-state index contributed by atoms with van der Waals surface area (Å²) in [6.07, 6.45) is 0. The molecule has 8 nitrogen and oxygen atoms in total. The Morgan fingerprint density at radius 1 is 1.00 bits per heavy atom. The third-order valence-corrected chi connectivity index (χ3v) is 7.24. The number of anilines is 2. The second-order valence-electron chi connectivity index (χ2n) is 7.56. The van der Waals surface area contributed by atoms with Gasteiger partial charge >= 0.3 is 0 Å². The second-order valence-corrected chi connectivity index (χ2v) is 10.1. The number of carbonyl (C=O) groups is 1. The lowest BCUT2D eigenvalue weighted by Gasteiger charge is -2.09. The molecule has 1 aliphatic rings. The SMILES string of the molecule is Cc1ccc(NS(=O)(=O)c2cccc(C(=O)Nc3nc(-c4ccc5c(c4)OCO5)cs3)c2)cc1. The van der Waals surface area contributed by atoms with Crippen molar-refractivity contribution in [3.05, 3.63) is 83.2 Å². The summed E-state index contributed by atoms with van der Waals surface area (Å²) in [7, 11) is -3.86. The first-order valence-electron chi connectivity index (χ1n) is 10.2. The van der Waals surface area contributed by atoms with E-state index in [4.69, 9.17) is 9.47 Å². The van der Waals surface area contributed by atoms with Crippen LogP contribution in [0.1, 0.15) is 15.9 Å². The Kier molecular flexibility index (Phi) is 5.68. The molecule has 2 heterocycles. The molecule has 172 valence electrons. The number of aromatic nitrogens is 1. The number of aryl methyl sites for hydroxylation is 1. The number of rotatable bonds is 6. The Bertz CT molecular complexity index is 1480. The van der Waals surface area contributed by atoms with Gasteiger partial charge in [0.05, 0.1) is 10.6 Å². The topological polar surface area (TPSA) is 107 Å². The van der Waals surface area contributed by atoms with E-state index in [0.29, 0.717) is 28.0 Å². The highest BCUT2D eigenvalue weighted by Crippen LogP contribution is 2.36. The number of nitrogens with one attached hydrogen (secondary N) is 2. The molecule has 4 aromatic rings. The average Bonchev–Trinajstić information content (AvgIpc) is 3.49. The van der Waals surface area contributed by atoms with Gasteiger partial charge in [0.15, 0.2) is 16.6 Å². The van der Waals surface area contributed by atoms with Crippen LogP contribution in [0, 0.1) is 6.92 Å². The second kappa shape index (κ2) is 8.81. The van der Waals surface area contributed by atoms with Crippen molar-refractivity contribution in [2.24, 2.45) is 0 Å². The van der Waals surface area contributed by atoms with Crippen molar-refractivity contribution in [2.75, 3.05) is 16.8 Å². The van der Waals surface area contributed by atoms with Crippen molar-refractivity contribution >= 4 is 38.1 Å². The number of nitrogens with zero attached hydrogens (tertiary/aromatic N) is 1. The molecule has 0 saturated carbocycles. The largest absolute Gasteiger partial charge is 0.454 e. The maximum Gasteiger partial charge on any atom is 0.261 e. The summed E-state index contributed by atoms with van der Waals surface area (Å²) in [5.74, 6) is 0.867. The van der Waals surface area contributed by atoms with Crippen LogP contribution in [0.4, 0.5) is 10.8 Å². The molecule has 10 heteroatoms. The van der Waals surface area contributed by atoms with Gasteiger partial charge < -0.3 is 9.47 Å². The monoisotopic (exact) mass is 493 g/mol. The fourth-order valence-corrected chi connectivity index (χ4v) is 5.15. The molecular formula is C24H19N3O5S2. The summed E-state index contributed by atoms with van der Waals surface area (Å²) < 4.78 is 38.8. The highest BCUT2D eigenvalue weighted by Gasteiger charge is 2.18. The van der Waals surface area contributed by atoms with E-state index in [9.17, 15) is 13.2 Å². The van der Waals surface area contributed by atoms with E-state index in [2.05, 4.69) is 15.0 Å². The van der Waals surface area contributed by atoms with Gasteiger partial charge in [-0.25, -0.2) is 13.4 Å². The van der Waals surface area contributed by atoms with Crippen molar-refractivity contribution in [3.8, 4) is 22.8 Å². The summed E-state index contributed by atoms with van der Waals surface area (Å²) >= 11 is 1.27. The highest BCUT2D eigenvalue weighted by atomic mass is 32.2. The van der Waals surface area contributed by atoms with Gasteiger partial charge in [0.2, 0.25) is 6.79 Å². The van der Waals surface area contributed by atoms with E-state index in [1.54, 1.807) is 18.2 Å². The van der Waals surface area contributed by atoms with Crippen LogP contribution in [0.2, 0.25) is 0 Å². The Morgan fingerprint density at radius 2 is 1.79 bits per heavy atom. The summed E-state index contributed by atoms with van der Waals surface area (Å²) in [5.41, 5.74) is 3.17. The van der Waals surface area contributed by atoms with Crippen LogP contribution in [0.3, 0.4) is 0 Å². The van der Waals surface area contributed by atoms with Gasteiger partial charge in [-0.05, 0) is 55.5 Å². The molecule has 0 fully saturated rings. The van der Waals surface area contributed by atoms with Gasteiger partial charge in [-0.15, -0.1) is 11.3 Å². The number of fused-ring (bicyclic) bond motifs is 1. The summed E-state index contributed by atoms with van der Waals surface area (Å²) in [5, 5.41) is 4.94. The molecule has 2 N–H and O–H groups in total. The van der Waals surface area contributed by atoms with E-state index >= 15 is 0 Å². The zero-order chi connectivity index (χ0) is 23.7. The normalized spacial score (nSPS) is 12.4. The zero-order valence-electron chi connectivity index (χ0n) is 17.9. The van der Waals surface area contributed by atoms with Crippen molar-refractivity contribution < 1.29 is 22.7 Å². The molecular weight excluding hydrogens is 474 g/mol. The van der Waals surface area contributed by atoms with Gasteiger partial charge in [-0.1, -0.05) is 23.8 Å². The first kappa shape index (κ1) is 21.9. The number of ether oxygens (including phenoxy) is 2. The molecule has 0 bridgehead atoms. The van der Waals surface area contributed by atoms with Crippen molar-refractivity contribution in [1.29, 1.82) is 0 Å². The van der Waals surface area contributed by atoms with E-state index in [1.807, 2.05) is 42.6 Å².